The maximum Gasteiger partial charge on any atom is 0.261 e. The first-order chi connectivity index (χ1) is 18.5. The summed E-state index contributed by atoms with van der Waals surface area (Å²) in [6.07, 6.45) is 1.15. The van der Waals surface area contributed by atoms with E-state index in [1.54, 1.807) is 44.4 Å². The number of rotatable bonds is 14. The van der Waals surface area contributed by atoms with E-state index in [0.29, 0.717) is 36.0 Å². The molecule has 0 radical (unpaired) electrons. The Morgan fingerprint density at radius 2 is 1.42 bits per heavy atom. The third-order valence-corrected chi connectivity index (χ3v) is 5.99. The van der Waals surface area contributed by atoms with Gasteiger partial charge in [-0.05, 0) is 29.7 Å². The van der Waals surface area contributed by atoms with Crippen LogP contribution < -0.4 is 24.3 Å². The Kier molecular flexibility index (Phi) is 10.8. The molecule has 0 saturated carbocycles. The lowest BCUT2D eigenvalue weighted by Gasteiger charge is -2.31. The molecule has 3 aromatic carbocycles. The quantitative estimate of drug-likeness (QED) is 0.342. The highest BCUT2D eigenvalue weighted by Gasteiger charge is 2.30. The molecule has 0 fully saturated rings. The second kappa shape index (κ2) is 14.5. The van der Waals surface area contributed by atoms with Gasteiger partial charge in [0.25, 0.3) is 5.91 Å². The Bertz CT molecular complexity index is 1160. The van der Waals surface area contributed by atoms with E-state index >= 15 is 0 Å². The van der Waals surface area contributed by atoms with E-state index in [1.807, 2.05) is 61.5 Å². The second-order valence-corrected chi connectivity index (χ2v) is 8.71. The zero-order valence-electron chi connectivity index (χ0n) is 22.4. The van der Waals surface area contributed by atoms with Gasteiger partial charge in [0.2, 0.25) is 5.91 Å². The summed E-state index contributed by atoms with van der Waals surface area (Å²) in [5, 5.41) is 2.97. The van der Waals surface area contributed by atoms with E-state index in [4.69, 9.17) is 18.9 Å². The summed E-state index contributed by atoms with van der Waals surface area (Å²) in [4.78, 5) is 28.7. The number of methoxy groups -OCH3 is 3. The highest BCUT2D eigenvalue weighted by atomic mass is 16.5. The molecule has 0 saturated heterocycles. The van der Waals surface area contributed by atoms with Crippen molar-refractivity contribution in [3.05, 3.63) is 83.9 Å². The first kappa shape index (κ1) is 28.4. The highest BCUT2D eigenvalue weighted by Crippen LogP contribution is 2.27. The van der Waals surface area contributed by atoms with Gasteiger partial charge in [0.05, 0.1) is 21.3 Å². The minimum atomic E-state index is -0.744. The van der Waals surface area contributed by atoms with Crippen molar-refractivity contribution in [1.82, 2.24) is 10.2 Å². The average Bonchev–Trinajstić information content (AvgIpc) is 2.96. The van der Waals surface area contributed by atoms with Crippen LogP contribution in [0.25, 0.3) is 0 Å². The number of carbonyl (C=O) groups is 2. The Morgan fingerprint density at radius 1 is 0.789 bits per heavy atom. The molecule has 0 aromatic heterocycles. The molecule has 8 heteroatoms. The minimum Gasteiger partial charge on any atom is -0.497 e. The third-order valence-electron chi connectivity index (χ3n) is 5.99. The maximum atomic E-state index is 13.7. The Balaban J connectivity index is 1.92. The van der Waals surface area contributed by atoms with Crippen molar-refractivity contribution in [3.8, 4) is 23.0 Å². The summed E-state index contributed by atoms with van der Waals surface area (Å²) in [7, 11) is 4.68. The molecule has 0 aliphatic heterocycles. The molecule has 0 bridgehead atoms. The zero-order chi connectivity index (χ0) is 27.3. The molecule has 2 amide bonds. The van der Waals surface area contributed by atoms with Gasteiger partial charge in [0.15, 0.2) is 6.61 Å². The first-order valence-electron chi connectivity index (χ1n) is 12.6. The van der Waals surface area contributed by atoms with Crippen molar-refractivity contribution in [2.75, 3.05) is 34.5 Å². The Hall–Kier alpha value is -4.20. The maximum absolute atomic E-state index is 13.7. The molecule has 0 spiro atoms. The second-order valence-electron chi connectivity index (χ2n) is 8.71. The van der Waals surface area contributed by atoms with Crippen molar-refractivity contribution in [2.24, 2.45) is 0 Å². The van der Waals surface area contributed by atoms with Gasteiger partial charge in [0, 0.05) is 37.7 Å². The van der Waals surface area contributed by atoms with Crippen LogP contribution >= 0.6 is 0 Å². The molecular formula is C30H36N2O6. The number of hydrogen-bond donors (Lipinski definition) is 1. The van der Waals surface area contributed by atoms with Gasteiger partial charge in [-0.3, -0.25) is 9.59 Å². The summed E-state index contributed by atoms with van der Waals surface area (Å²) < 4.78 is 21.9. The fourth-order valence-corrected chi connectivity index (χ4v) is 3.98. The summed E-state index contributed by atoms with van der Waals surface area (Å²) in [5.41, 5.74) is 1.79. The van der Waals surface area contributed by atoms with Crippen LogP contribution in [0.5, 0.6) is 23.0 Å². The van der Waals surface area contributed by atoms with Crippen LogP contribution in [0.15, 0.2) is 72.8 Å². The predicted octanol–water partition coefficient (Wildman–Crippen LogP) is 4.26. The lowest BCUT2D eigenvalue weighted by Crippen LogP contribution is -2.51. The molecule has 0 heterocycles. The van der Waals surface area contributed by atoms with Gasteiger partial charge in [-0.2, -0.15) is 0 Å². The molecule has 38 heavy (non-hydrogen) atoms. The molecule has 3 aromatic rings. The molecule has 1 N–H and O–H groups in total. The van der Waals surface area contributed by atoms with Gasteiger partial charge in [0.1, 0.15) is 29.0 Å². The van der Waals surface area contributed by atoms with E-state index in [9.17, 15) is 9.59 Å². The number of carbonyl (C=O) groups excluding carboxylic acids is 2. The van der Waals surface area contributed by atoms with Gasteiger partial charge >= 0.3 is 0 Å². The monoisotopic (exact) mass is 520 g/mol. The van der Waals surface area contributed by atoms with Crippen molar-refractivity contribution in [1.29, 1.82) is 0 Å². The van der Waals surface area contributed by atoms with Crippen molar-refractivity contribution in [3.63, 3.8) is 0 Å². The predicted molar refractivity (Wildman–Crippen MR) is 146 cm³/mol. The molecule has 1 atom stereocenters. The summed E-state index contributed by atoms with van der Waals surface area (Å²) in [6.45, 7) is 2.44. The Labute approximate surface area is 224 Å². The highest BCUT2D eigenvalue weighted by molar-refractivity contribution is 5.88. The molecule has 202 valence electrons. The fourth-order valence-electron chi connectivity index (χ4n) is 3.98. The van der Waals surface area contributed by atoms with Crippen molar-refractivity contribution >= 4 is 11.8 Å². The number of benzene rings is 3. The van der Waals surface area contributed by atoms with Crippen LogP contribution in [0.2, 0.25) is 0 Å². The van der Waals surface area contributed by atoms with E-state index in [1.165, 1.54) is 0 Å². The molecular weight excluding hydrogens is 484 g/mol. The zero-order valence-corrected chi connectivity index (χ0v) is 22.4. The van der Waals surface area contributed by atoms with E-state index in [0.717, 1.165) is 17.5 Å². The van der Waals surface area contributed by atoms with Crippen molar-refractivity contribution < 1.29 is 28.5 Å². The normalized spacial score (nSPS) is 11.3. The third kappa shape index (κ3) is 8.16. The topological polar surface area (TPSA) is 86.3 Å². The van der Waals surface area contributed by atoms with Crippen LogP contribution in [0.1, 0.15) is 24.5 Å². The SMILES string of the molecule is CCCNC(=O)[C@H](Cc1ccccc1)N(Cc1cccc(OC)c1)C(=O)COc1cc(OC)cc(OC)c1. The molecule has 0 aliphatic carbocycles. The van der Waals surface area contributed by atoms with Crippen LogP contribution in [0, 0.1) is 0 Å². The molecule has 3 rings (SSSR count). The van der Waals surface area contributed by atoms with Gasteiger partial charge in [-0.25, -0.2) is 0 Å². The lowest BCUT2D eigenvalue weighted by molar-refractivity contribution is -0.142. The van der Waals surface area contributed by atoms with Crippen LogP contribution in [0.4, 0.5) is 0 Å². The number of nitrogens with zero attached hydrogens (tertiary/aromatic N) is 1. The molecule has 0 unspecified atom stereocenters. The van der Waals surface area contributed by atoms with E-state index in [-0.39, 0.29) is 25.0 Å². The Morgan fingerprint density at radius 3 is 2.05 bits per heavy atom. The number of hydrogen-bond acceptors (Lipinski definition) is 6. The number of ether oxygens (including phenoxy) is 4. The lowest BCUT2D eigenvalue weighted by atomic mass is 10.0. The molecule has 0 aliphatic rings. The first-order valence-corrected chi connectivity index (χ1v) is 12.6. The van der Waals surface area contributed by atoms with Gasteiger partial charge in [-0.1, -0.05) is 49.4 Å². The summed E-state index contributed by atoms with van der Waals surface area (Å²) >= 11 is 0. The van der Waals surface area contributed by atoms with Gasteiger partial charge < -0.3 is 29.2 Å². The standard InChI is InChI=1S/C30H36N2O6/c1-5-14-31-30(34)28(16-22-10-7-6-8-11-22)32(20-23-12-9-13-24(15-23)35-2)29(33)21-38-27-18-25(36-3)17-26(19-27)37-4/h6-13,15,17-19,28H,5,14,16,20-21H2,1-4H3,(H,31,34)/t28-/m0/s1. The average molecular weight is 521 g/mol. The van der Waals surface area contributed by atoms with Crippen LogP contribution in [-0.4, -0.2) is 57.2 Å². The number of amides is 2. The summed E-state index contributed by atoms with van der Waals surface area (Å²) in [5.74, 6) is 1.63. The molecule has 8 nitrogen and oxygen atoms in total. The van der Waals surface area contributed by atoms with Crippen LogP contribution in [0.3, 0.4) is 0 Å². The van der Waals surface area contributed by atoms with E-state index < -0.39 is 6.04 Å². The summed E-state index contributed by atoms with van der Waals surface area (Å²) in [6, 6.07) is 21.5. The largest absolute Gasteiger partial charge is 0.497 e. The van der Waals surface area contributed by atoms with Gasteiger partial charge in [-0.15, -0.1) is 0 Å². The van der Waals surface area contributed by atoms with E-state index in [2.05, 4.69) is 5.32 Å². The minimum absolute atomic E-state index is 0.206. The smallest absolute Gasteiger partial charge is 0.261 e. The van der Waals surface area contributed by atoms with Crippen molar-refractivity contribution in [2.45, 2.75) is 32.4 Å². The van der Waals surface area contributed by atoms with Crippen LogP contribution in [-0.2, 0) is 22.6 Å². The number of nitrogens with one attached hydrogen (secondary N) is 1. The fraction of sp³-hybridized carbons (Fsp3) is 0.333.